The van der Waals surface area contributed by atoms with Gasteiger partial charge in [-0.3, -0.25) is 4.68 Å². The highest BCUT2D eigenvalue weighted by Gasteiger charge is 2.10. The fourth-order valence-corrected chi connectivity index (χ4v) is 1.94. The fourth-order valence-electron chi connectivity index (χ4n) is 1.52. The molecule has 0 aliphatic rings. The summed E-state index contributed by atoms with van der Waals surface area (Å²) in [4.78, 5) is 0. The van der Waals surface area contributed by atoms with E-state index in [1.54, 1.807) is 4.68 Å². The second kappa shape index (κ2) is 5.04. The van der Waals surface area contributed by atoms with Crippen molar-refractivity contribution in [3.8, 4) is 0 Å². The van der Waals surface area contributed by atoms with Crippen LogP contribution in [0.5, 0.6) is 0 Å². The van der Waals surface area contributed by atoms with Crippen LogP contribution in [0.2, 0.25) is 5.15 Å². The van der Waals surface area contributed by atoms with E-state index in [-0.39, 0.29) is 5.38 Å². The molecule has 1 atom stereocenters. The zero-order valence-corrected chi connectivity index (χ0v) is 10.4. The number of alkyl halides is 1. The lowest BCUT2D eigenvalue weighted by Crippen LogP contribution is -1.94. The molecule has 0 amide bonds. The van der Waals surface area contributed by atoms with Crippen molar-refractivity contribution in [2.45, 2.75) is 38.5 Å². The number of aromatic nitrogens is 2. The average molecular weight is 235 g/mol. The molecule has 1 aromatic rings. The van der Waals surface area contributed by atoms with E-state index in [4.69, 9.17) is 23.2 Å². The summed E-state index contributed by atoms with van der Waals surface area (Å²) in [5, 5.41) is 5.26. The highest BCUT2D eigenvalue weighted by Crippen LogP contribution is 2.21. The topological polar surface area (TPSA) is 17.8 Å². The van der Waals surface area contributed by atoms with Crippen LogP contribution >= 0.6 is 23.2 Å². The van der Waals surface area contributed by atoms with Crippen molar-refractivity contribution in [1.29, 1.82) is 0 Å². The van der Waals surface area contributed by atoms with Crippen molar-refractivity contribution in [2.75, 3.05) is 0 Å². The summed E-state index contributed by atoms with van der Waals surface area (Å²) in [6.45, 7) is 4.00. The maximum Gasteiger partial charge on any atom is 0.130 e. The molecular weight excluding hydrogens is 219 g/mol. The Morgan fingerprint density at radius 2 is 2.14 bits per heavy atom. The predicted molar refractivity (Wildman–Crippen MR) is 61.2 cm³/mol. The Labute approximate surface area is 95.2 Å². The van der Waals surface area contributed by atoms with Crippen LogP contribution in [0.3, 0.4) is 0 Å². The van der Waals surface area contributed by atoms with Gasteiger partial charge in [-0.1, -0.05) is 11.6 Å². The summed E-state index contributed by atoms with van der Waals surface area (Å²) >= 11 is 12.0. The smallest absolute Gasteiger partial charge is 0.130 e. The normalized spacial score (nSPS) is 13.2. The van der Waals surface area contributed by atoms with E-state index >= 15 is 0 Å². The summed E-state index contributed by atoms with van der Waals surface area (Å²) < 4.78 is 1.72. The fraction of sp³-hybridized carbons (Fsp3) is 0.700. The third-order valence-electron chi connectivity index (χ3n) is 2.30. The number of hydrogen-bond donors (Lipinski definition) is 0. The van der Waals surface area contributed by atoms with Gasteiger partial charge in [-0.05, 0) is 33.1 Å². The molecule has 0 saturated heterocycles. The van der Waals surface area contributed by atoms with Gasteiger partial charge in [-0.25, -0.2) is 0 Å². The SMILES string of the molecule is Cc1nn(C)c(Cl)c1CCCC(C)Cl. The third kappa shape index (κ3) is 2.89. The average Bonchev–Trinajstić information content (AvgIpc) is 2.31. The van der Waals surface area contributed by atoms with Crippen LogP contribution in [-0.2, 0) is 13.5 Å². The van der Waals surface area contributed by atoms with Gasteiger partial charge in [0.2, 0.25) is 0 Å². The molecule has 1 unspecified atom stereocenters. The molecule has 0 spiro atoms. The van der Waals surface area contributed by atoms with E-state index in [0.717, 1.165) is 35.7 Å². The van der Waals surface area contributed by atoms with E-state index in [0.29, 0.717) is 0 Å². The Kier molecular flexibility index (Phi) is 4.27. The number of halogens is 2. The monoisotopic (exact) mass is 234 g/mol. The third-order valence-corrected chi connectivity index (χ3v) is 2.99. The summed E-state index contributed by atoms with van der Waals surface area (Å²) in [5.74, 6) is 0. The molecule has 0 radical (unpaired) electrons. The van der Waals surface area contributed by atoms with Crippen LogP contribution in [-0.4, -0.2) is 15.2 Å². The van der Waals surface area contributed by atoms with E-state index in [9.17, 15) is 0 Å². The first-order chi connectivity index (χ1) is 6.52. The molecule has 2 nitrogen and oxygen atoms in total. The number of rotatable bonds is 4. The second-order valence-corrected chi connectivity index (χ2v) is 4.75. The summed E-state index contributed by atoms with van der Waals surface area (Å²) in [7, 11) is 1.86. The Morgan fingerprint density at radius 3 is 2.57 bits per heavy atom. The molecule has 1 rings (SSSR count). The number of aryl methyl sites for hydroxylation is 2. The molecule has 14 heavy (non-hydrogen) atoms. The van der Waals surface area contributed by atoms with Crippen molar-refractivity contribution in [1.82, 2.24) is 9.78 Å². The summed E-state index contributed by atoms with van der Waals surface area (Å²) in [6, 6.07) is 0. The van der Waals surface area contributed by atoms with E-state index in [1.165, 1.54) is 0 Å². The molecule has 4 heteroatoms. The molecule has 0 fully saturated rings. The molecule has 0 bridgehead atoms. The van der Waals surface area contributed by atoms with Crippen LogP contribution in [0.15, 0.2) is 0 Å². The minimum Gasteiger partial charge on any atom is -0.257 e. The number of nitrogens with zero attached hydrogens (tertiary/aromatic N) is 2. The first kappa shape index (κ1) is 11.9. The quantitative estimate of drug-likeness (QED) is 0.732. The molecule has 0 aromatic carbocycles. The first-order valence-electron chi connectivity index (χ1n) is 4.84. The Balaban J connectivity index is 2.58. The van der Waals surface area contributed by atoms with Crippen molar-refractivity contribution in [2.24, 2.45) is 7.05 Å². The lowest BCUT2D eigenvalue weighted by Gasteiger charge is -2.02. The van der Waals surface area contributed by atoms with Gasteiger partial charge in [-0.2, -0.15) is 5.10 Å². The maximum absolute atomic E-state index is 6.10. The predicted octanol–water partition coefficient (Wildman–Crippen LogP) is 3.33. The van der Waals surface area contributed by atoms with Crippen molar-refractivity contribution in [3.63, 3.8) is 0 Å². The van der Waals surface area contributed by atoms with Crippen LogP contribution in [0, 0.1) is 6.92 Å². The number of hydrogen-bond acceptors (Lipinski definition) is 1. The van der Waals surface area contributed by atoms with Gasteiger partial charge in [0.1, 0.15) is 5.15 Å². The Bertz CT molecular complexity index is 305. The molecule has 0 aliphatic carbocycles. The van der Waals surface area contributed by atoms with Crippen molar-refractivity contribution in [3.05, 3.63) is 16.4 Å². The van der Waals surface area contributed by atoms with Crippen LogP contribution < -0.4 is 0 Å². The zero-order chi connectivity index (χ0) is 10.7. The molecule has 0 saturated carbocycles. The molecule has 0 aliphatic heterocycles. The van der Waals surface area contributed by atoms with Gasteiger partial charge in [0.25, 0.3) is 0 Å². The van der Waals surface area contributed by atoms with Crippen LogP contribution in [0.4, 0.5) is 0 Å². The molecule has 0 N–H and O–H groups in total. The van der Waals surface area contributed by atoms with Gasteiger partial charge in [0.15, 0.2) is 0 Å². The highest BCUT2D eigenvalue weighted by molar-refractivity contribution is 6.30. The van der Waals surface area contributed by atoms with E-state index in [1.807, 2.05) is 20.9 Å². The molecular formula is C10H16Cl2N2. The lowest BCUT2D eigenvalue weighted by atomic mass is 10.1. The molecule has 80 valence electrons. The van der Waals surface area contributed by atoms with Gasteiger partial charge in [0, 0.05) is 18.0 Å². The van der Waals surface area contributed by atoms with E-state index in [2.05, 4.69) is 5.10 Å². The van der Waals surface area contributed by atoms with E-state index < -0.39 is 0 Å². The minimum atomic E-state index is 0.241. The highest BCUT2D eigenvalue weighted by atomic mass is 35.5. The maximum atomic E-state index is 6.10. The Morgan fingerprint density at radius 1 is 1.50 bits per heavy atom. The second-order valence-electron chi connectivity index (χ2n) is 3.65. The summed E-state index contributed by atoms with van der Waals surface area (Å²) in [6.07, 6.45) is 3.05. The van der Waals surface area contributed by atoms with Gasteiger partial charge < -0.3 is 0 Å². The summed E-state index contributed by atoms with van der Waals surface area (Å²) in [5.41, 5.74) is 2.19. The van der Waals surface area contributed by atoms with Gasteiger partial charge in [0.05, 0.1) is 5.69 Å². The minimum absolute atomic E-state index is 0.241. The van der Waals surface area contributed by atoms with Crippen molar-refractivity contribution < 1.29 is 0 Å². The van der Waals surface area contributed by atoms with Gasteiger partial charge >= 0.3 is 0 Å². The zero-order valence-electron chi connectivity index (χ0n) is 8.85. The largest absolute Gasteiger partial charge is 0.257 e. The van der Waals surface area contributed by atoms with Crippen LogP contribution in [0.1, 0.15) is 31.0 Å². The van der Waals surface area contributed by atoms with Crippen LogP contribution in [0.25, 0.3) is 0 Å². The molecule has 1 aromatic heterocycles. The van der Waals surface area contributed by atoms with Gasteiger partial charge in [-0.15, -0.1) is 11.6 Å². The first-order valence-corrected chi connectivity index (χ1v) is 5.66. The molecule has 1 heterocycles. The lowest BCUT2D eigenvalue weighted by molar-refractivity contribution is 0.721. The van der Waals surface area contributed by atoms with Crippen molar-refractivity contribution >= 4 is 23.2 Å². The standard InChI is InChI=1S/C10H16Cl2N2/c1-7(11)5-4-6-9-8(2)13-14(3)10(9)12/h7H,4-6H2,1-3H3. The Hall–Kier alpha value is -0.210.